The predicted octanol–water partition coefficient (Wildman–Crippen LogP) is 4.73. The van der Waals surface area contributed by atoms with Crippen LogP contribution in [-0.2, 0) is 5.75 Å². The molecule has 9 heteroatoms. The number of nitrogens with zero attached hydrogens (tertiary/aromatic N) is 4. The third-order valence-corrected chi connectivity index (χ3v) is 6.91. The van der Waals surface area contributed by atoms with Crippen LogP contribution in [0.5, 0.6) is 0 Å². The fraction of sp³-hybridized carbons (Fsp3) is 0.118. The van der Waals surface area contributed by atoms with E-state index in [1.54, 1.807) is 22.4 Å². The van der Waals surface area contributed by atoms with E-state index in [9.17, 15) is 8.78 Å². The van der Waals surface area contributed by atoms with Crippen LogP contribution in [0.1, 0.15) is 16.6 Å². The van der Waals surface area contributed by atoms with Crippen LogP contribution in [0.3, 0.4) is 0 Å². The SMILES string of the molecule is FC(F)c1nnc(-c2ncc3c(Cl)cc(SCc4ccccc4)cn23)[se]1. The van der Waals surface area contributed by atoms with Gasteiger partial charge < -0.3 is 0 Å². The van der Waals surface area contributed by atoms with Gasteiger partial charge in [0.15, 0.2) is 0 Å². The van der Waals surface area contributed by atoms with Gasteiger partial charge in [0, 0.05) is 0 Å². The summed E-state index contributed by atoms with van der Waals surface area (Å²) in [6.07, 6.45) is 0.960. The van der Waals surface area contributed by atoms with Crippen molar-refractivity contribution < 1.29 is 8.78 Å². The first kappa shape index (κ1) is 17.7. The molecule has 0 bridgehead atoms. The minimum absolute atomic E-state index is 0.176. The van der Waals surface area contributed by atoms with Crippen molar-refractivity contribution in [1.29, 1.82) is 0 Å². The number of alkyl halides is 2. The molecule has 0 fully saturated rings. The summed E-state index contributed by atoms with van der Waals surface area (Å²) in [4.78, 5) is 5.29. The first-order valence-electron chi connectivity index (χ1n) is 7.57. The van der Waals surface area contributed by atoms with E-state index in [1.165, 1.54) is 5.56 Å². The average Bonchev–Trinajstić information content (AvgIpc) is 3.28. The molecule has 0 aliphatic carbocycles. The molecule has 0 radical (unpaired) electrons. The molecule has 4 nitrogen and oxygen atoms in total. The van der Waals surface area contributed by atoms with Gasteiger partial charge in [0.1, 0.15) is 0 Å². The van der Waals surface area contributed by atoms with Crippen molar-refractivity contribution >= 4 is 43.4 Å². The van der Waals surface area contributed by atoms with Gasteiger partial charge >= 0.3 is 163 Å². The second-order valence-corrected chi connectivity index (χ2v) is 8.95. The Bertz CT molecular complexity index is 1050. The molecule has 0 saturated heterocycles. The van der Waals surface area contributed by atoms with E-state index in [2.05, 4.69) is 27.3 Å². The van der Waals surface area contributed by atoms with Crippen LogP contribution in [-0.4, -0.2) is 34.1 Å². The number of benzene rings is 1. The third kappa shape index (κ3) is 3.55. The molecular formula is C17H11ClF2N4SSe. The van der Waals surface area contributed by atoms with Gasteiger partial charge in [0.2, 0.25) is 0 Å². The van der Waals surface area contributed by atoms with Gasteiger partial charge in [-0.3, -0.25) is 0 Å². The predicted molar refractivity (Wildman–Crippen MR) is 99.1 cm³/mol. The number of fused-ring (bicyclic) bond motifs is 1. The number of imidazole rings is 1. The first-order chi connectivity index (χ1) is 12.6. The first-order valence-corrected chi connectivity index (χ1v) is 10.6. The zero-order valence-corrected chi connectivity index (χ0v) is 16.4. The van der Waals surface area contributed by atoms with Crippen molar-refractivity contribution in [3.8, 4) is 10.4 Å². The number of thioether (sulfide) groups is 1. The summed E-state index contributed by atoms with van der Waals surface area (Å²) in [5.74, 6) is 1.32. The van der Waals surface area contributed by atoms with Crippen molar-refractivity contribution in [2.45, 2.75) is 17.1 Å². The van der Waals surface area contributed by atoms with Gasteiger partial charge in [0.05, 0.1) is 0 Å². The van der Waals surface area contributed by atoms with Crippen LogP contribution in [0, 0.1) is 0 Å². The summed E-state index contributed by atoms with van der Waals surface area (Å²) in [5.41, 5.74) is 1.92. The van der Waals surface area contributed by atoms with Crippen molar-refractivity contribution in [2.24, 2.45) is 0 Å². The Labute approximate surface area is 163 Å². The molecule has 4 aromatic rings. The van der Waals surface area contributed by atoms with Gasteiger partial charge in [-0.25, -0.2) is 0 Å². The Kier molecular flexibility index (Phi) is 5.09. The van der Waals surface area contributed by atoms with Gasteiger partial charge in [-0.05, 0) is 0 Å². The average molecular weight is 456 g/mol. The Balaban J connectivity index is 1.68. The fourth-order valence-electron chi connectivity index (χ4n) is 2.42. The molecule has 0 amide bonds. The molecule has 3 heterocycles. The second-order valence-electron chi connectivity index (χ2n) is 5.38. The maximum absolute atomic E-state index is 12.8. The third-order valence-electron chi connectivity index (χ3n) is 3.63. The number of halogens is 3. The molecule has 0 atom stereocenters. The van der Waals surface area contributed by atoms with E-state index in [-0.39, 0.29) is 4.57 Å². The van der Waals surface area contributed by atoms with Gasteiger partial charge in [-0.2, -0.15) is 0 Å². The number of rotatable bonds is 5. The summed E-state index contributed by atoms with van der Waals surface area (Å²) in [6, 6.07) is 12.0. The molecule has 26 heavy (non-hydrogen) atoms. The molecule has 0 spiro atoms. The Morgan fingerprint density at radius 1 is 1.19 bits per heavy atom. The second kappa shape index (κ2) is 7.48. The molecule has 0 N–H and O–H groups in total. The van der Waals surface area contributed by atoms with Crippen LogP contribution in [0.25, 0.3) is 15.9 Å². The summed E-state index contributed by atoms with van der Waals surface area (Å²) in [7, 11) is 0. The zero-order valence-electron chi connectivity index (χ0n) is 13.1. The Hall–Kier alpha value is -1.73. The molecule has 1 aromatic carbocycles. The molecule has 0 aliphatic heterocycles. The van der Waals surface area contributed by atoms with Gasteiger partial charge in [0.25, 0.3) is 0 Å². The van der Waals surface area contributed by atoms with Crippen molar-refractivity contribution in [1.82, 2.24) is 19.6 Å². The van der Waals surface area contributed by atoms with E-state index in [0.29, 0.717) is 15.4 Å². The molecular weight excluding hydrogens is 445 g/mol. The fourth-order valence-corrected chi connectivity index (χ4v) is 5.11. The van der Waals surface area contributed by atoms with Gasteiger partial charge in [-0.1, -0.05) is 0 Å². The minimum atomic E-state index is -2.58. The van der Waals surface area contributed by atoms with E-state index in [0.717, 1.165) is 16.2 Å². The van der Waals surface area contributed by atoms with Crippen molar-refractivity contribution in [3.63, 3.8) is 0 Å². The van der Waals surface area contributed by atoms with Gasteiger partial charge in [-0.15, -0.1) is 0 Å². The summed E-state index contributed by atoms with van der Waals surface area (Å²) < 4.78 is 27.7. The van der Waals surface area contributed by atoms with E-state index >= 15 is 0 Å². The number of hydrogen-bond acceptors (Lipinski definition) is 4. The molecule has 0 unspecified atom stereocenters. The number of hydrogen-bond donors (Lipinski definition) is 0. The van der Waals surface area contributed by atoms with Crippen LogP contribution in [0.2, 0.25) is 5.02 Å². The molecule has 4 rings (SSSR count). The topological polar surface area (TPSA) is 43.1 Å². The Morgan fingerprint density at radius 3 is 2.73 bits per heavy atom. The van der Waals surface area contributed by atoms with E-state index in [1.807, 2.05) is 30.5 Å². The monoisotopic (exact) mass is 456 g/mol. The molecule has 3 aromatic heterocycles. The van der Waals surface area contributed by atoms with Crippen LogP contribution >= 0.6 is 23.4 Å². The molecule has 132 valence electrons. The van der Waals surface area contributed by atoms with Crippen molar-refractivity contribution in [3.05, 3.63) is 63.9 Å². The molecule has 0 aliphatic rings. The van der Waals surface area contributed by atoms with Crippen LogP contribution in [0.15, 0.2) is 53.7 Å². The summed E-state index contributed by atoms with van der Waals surface area (Å²) in [6.45, 7) is 0. The zero-order chi connectivity index (χ0) is 18.1. The number of pyridine rings is 1. The van der Waals surface area contributed by atoms with Crippen LogP contribution < -0.4 is 0 Å². The quantitative estimate of drug-likeness (QED) is 0.322. The Morgan fingerprint density at radius 2 is 2.00 bits per heavy atom. The standard InChI is InChI=1S/C17H11ClF2N4SSe/c18-12-6-11(25-9-10-4-2-1-3-5-10)8-24-13(12)7-21-15(24)17-23-22-16(26-17)14(19)20/h1-8,14H,9H2. The molecule has 0 saturated carbocycles. The van der Waals surface area contributed by atoms with E-state index < -0.39 is 20.9 Å². The van der Waals surface area contributed by atoms with Crippen molar-refractivity contribution in [2.75, 3.05) is 0 Å². The maximum atomic E-state index is 12.8. The summed E-state index contributed by atoms with van der Waals surface area (Å²) in [5, 5.41) is 8.05. The number of aromatic nitrogens is 4. The normalized spacial score (nSPS) is 11.5. The van der Waals surface area contributed by atoms with Crippen LogP contribution in [0.4, 0.5) is 8.78 Å². The van der Waals surface area contributed by atoms with E-state index in [4.69, 9.17) is 11.6 Å². The summed E-state index contributed by atoms with van der Waals surface area (Å²) >= 11 is 7.40.